The third-order valence-electron chi connectivity index (χ3n) is 13.6. The summed E-state index contributed by atoms with van der Waals surface area (Å²) >= 11 is 0. The molecule has 0 radical (unpaired) electrons. The minimum atomic E-state index is -1.03. The molecule has 6 aliphatic rings. The first kappa shape index (κ1) is 33.4. The monoisotopic (exact) mass is 618 g/mol. The number of aliphatic hydroxyl groups excluding tert-OH is 2. The summed E-state index contributed by atoms with van der Waals surface area (Å²) < 4.78 is 25.8. The highest BCUT2D eigenvalue weighted by Crippen LogP contribution is 2.68. The second kappa shape index (κ2) is 13.9. The molecule has 2 heterocycles. The van der Waals surface area contributed by atoms with Crippen molar-refractivity contribution in [1.29, 1.82) is 0 Å². The molecular formula is C37H62O7. The van der Waals surface area contributed by atoms with Crippen molar-refractivity contribution in [2.75, 3.05) is 26.4 Å². The number of rotatable bonds is 11. The van der Waals surface area contributed by atoms with E-state index in [1.54, 1.807) is 12.5 Å². The predicted molar refractivity (Wildman–Crippen MR) is 170 cm³/mol. The van der Waals surface area contributed by atoms with E-state index in [0.29, 0.717) is 30.1 Å². The Morgan fingerprint density at radius 1 is 0.955 bits per heavy atom. The molecular weight excluding hydrogens is 556 g/mol. The zero-order valence-corrected chi connectivity index (χ0v) is 27.9. The maximum Gasteiger partial charge on any atom is 0.157 e. The molecule has 252 valence electrons. The first-order valence-electron chi connectivity index (χ1n) is 18.4. The van der Waals surface area contributed by atoms with Crippen LogP contribution in [0.4, 0.5) is 0 Å². The van der Waals surface area contributed by atoms with Crippen LogP contribution in [0.5, 0.6) is 0 Å². The van der Waals surface area contributed by atoms with Crippen LogP contribution in [0.3, 0.4) is 0 Å². The first-order valence-corrected chi connectivity index (χ1v) is 18.4. The van der Waals surface area contributed by atoms with Crippen molar-refractivity contribution in [3.05, 3.63) is 11.6 Å². The summed E-state index contributed by atoms with van der Waals surface area (Å²) in [6.07, 6.45) is 19.4. The van der Waals surface area contributed by atoms with E-state index in [4.69, 9.17) is 18.9 Å². The molecule has 0 amide bonds. The van der Waals surface area contributed by atoms with Crippen molar-refractivity contribution >= 4 is 0 Å². The highest BCUT2D eigenvalue weighted by atomic mass is 16.7. The van der Waals surface area contributed by atoms with Crippen LogP contribution in [-0.4, -0.2) is 72.1 Å². The maximum atomic E-state index is 10.6. The average molecular weight is 619 g/mol. The van der Waals surface area contributed by atoms with Gasteiger partial charge in [-0.15, -0.1) is 0 Å². The van der Waals surface area contributed by atoms with Crippen molar-refractivity contribution in [1.82, 2.24) is 0 Å². The van der Waals surface area contributed by atoms with Crippen molar-refractivity contribution in [2.45, 2.75) is 154 Å². The lowest BCUT2D eigenvalue weighted by atomic mass is 9.46. The molecule has 2 saturated heterocycles. The summed E-state index contributed by atoms with van der Waals surface area (Å²) in [5, 5.41) is 30.4. The van der Waals surface area contributed by atoms with Crippen LogP contribution < -0.4 is 0 Å². The predicted octanol–water partition coefficient (Wildman–Crippen LogP) is 6.52. The molecule has 4 aliphatic carbocycles. The standard InChI is InChI=1S/C37H62O7/c1-35(40,24-39)17-8-9-25(23-38)29-14-15-30-28-13-12-26-21-27(43-33-10-4-6-19-41-33)22-32(44-34-11-5-7-20-42-34)37(26,3)31(28)16-18-36(29,30)2/h12,25,27-34,38-40H,4-11,13-24H2,1-3H3/t25-,27+,28-,29+,30-,31-,32-,33?,34?,35-,36+,37-/m0/s1. The quantitative estimate of drug-likeness (QED) is 0.227. The van der Waals surface area contributed by atoms with Crippen LogP contribution in [0, 0.1) is 40.4 Å². The van der Waals surface area contributed by atoms with Crippen LogP contribution in [-0.2, 0) is 18.9 Å². The Morgan fingerprint density at radius 3 is 2.34 bits per heavy atom. The third kappa shape index (κ3) is 6.59. The van der Waals surface area contributed by atoms with Gasteiger partial charge in [0.15, 0.2) is 12.6 Å². The molecule has 6 rings (SSSR count). The van der Waals surface area contributed by atoms with Gasteiger partial charge in [0.25, 0.3) is 0 Å². The molecule has 7 nitrogen and oxygen atoms in total. The first-order chi connectivity index (χ1) is 21.2. The zero-order chi connectivity index (χ0) is 31.0. The van der Waals surface area contributed by atoms with Gasteiger partial charge in [0.2, 0.25) is 0 Å². The smallest absolute Gasteiger partial charge is 0.157 e. The number of aliphatic hydroxyl groups is 3. The molecule has 0 aromatic heterocycles. The fraction of sp³-hybridized carbons (Fsp3) is 0.946. The van der Waals surface area contributed by atoms with Gasteiger partial charge in [-0.25, -0.2) is 0 Å². The second-order valence-corrected chi connectivity index (χ2v) is 16.3. The molecule has 0 aromatic carbocycles. The number of fused-ring (bicyclic) bond motifs is 5. The molecule has 0 aromatic rings. The molecule has 3 N–H and O–H groups in total. The number of ether oxygens (including phenoxy) is 4. The van der Waals surface area contributed by atoms with Crippen LogP contribution in [0.2, 0.25) is 0 Å². The Bertz CT molecular complexity index is 971. The zero-order valence-electron chi connectivity index (χ0n) is 27.9. The summed E-state index contributed by atoms with van der Waals surface area (Å²) in [7, 11) is 0. The Labute approximate surface area is 266 Å². The van der Waals surface area contributed by atoms with Crippen LogP contribution in [0.15, 0.2) is 11.6 Å². The van der Waals surface area contributed by atoms with E-state index in [9.17, 15) is 15.3 Å². The molecule has 3 saturated carbocycles. The number of hydrogen-bond acceptors (Lipinski definition) is 7. The van der Waals surface area contributed by atoms with Gasteiger partial charge in [0.1, 0.15) is 0 Å². The molecule has 7 heteroatoms. The third-order valence-corrected chi connectivity index (χ3v) is 13.6. The summed E-state index contributed by atoms with van der Waals surface area (Å²) in [5.41, 5.74) is 0.741. The summed E-state index contributed by atoms with van der Waals surface area (Å²) in [6, 6.07) is 0. The van der Waals surface area contributed by atoms with Gasteiger partial charge in [0, 0.05) is 31.7 Å². The Kier molecular flexibility index (Phi) is 10.5. The van der Waals surface area contributed by atoms with Gasteiger partial charge < -0.3 is 34.3 Å². The fourth-order valence-electron chi connectivity index (χ4n) is 11.1. The maximum absolute atomic E-state index is 10.6. The van der Waals surface area contributed by atoms with Gasteiger partial charge in [0.05, 0.1) is 24.4 Å². The summed E-state index contributed by atoms with van der Waals surface area (Å²) in [6.45, 7) is 8.38. The van der Waals surface area contributed by atoms with Gasteiger partial charge in [-0.1, -0.05) is 31.9 Å². The minimum Gasteiger partial charge on any atom is -0.396 e. The van der Waals surface area contributed by atoms with E-state index >= 15 is 0 Å². The van der Waals surface area contributed by atoms with Crippen molar-refractivity contribution in [3.8, 4) is 0 Å². The Hall–Kier alpha value is -0.540. The van der Waals surface area contributed by atoms with E-state index < -0.39 is 5.60 Å². The minimum absolute atomic E-state index is 0.0112. The summed E-state index contributed by atoms with van der Waals surface area (Å²) in [5.74, 6) is 2.66. The lowest BCUT2D eigenvalue weighted by Crippen LogP contribution is -2.57. The van der Waals surface area contributed by atoms with Crippen LogP contribution >= 0.6 is 0 Å². The lowest BCUT2D eigenvalue weighted by Gasteiger charge is -2.60. The molecule has 0 bridgehead atoms. The van der Waals surface area contributed by atoms with Crippen molar-refractivity contribution < 1.29 is 34.3 Å². The summed E-state index contributed by atoms with van der Waals surface area (Å²) in [4.78, 5) is 0. The highest BCUT2D eigenvalue weighted by Gasteiger charge is 2.62. The molecule has 2 aliphatic heterocycles. The van der Waals surface area contributed by atoms with Crippen LogP contribution in [0.1, 0.15) is 124 Å². The van der Waals surface area contributed by atoms with Gasteiger partial charge >= 0.3 is 0 Å². The lowest BCUT2D eigenvalue weighted by molar-refractivity contribution is -0.248. The topological polar surface area (TPSA) is 97.6 Å². The van der Waals surface area contributed by atoms with E-state index in [0.717, 1.165) is 71.0 Å². The van der Waals surface area contributed by atoms with Gasteiger partial charge in [-0.3, -0.25) is 0 Å². The van der Waals surface area contributed by atoms with Crippen LogP contribution in [0.25, 0.3) is 0 Å². The van der Waals surface area contributed by atoms with Gasteiger partial charge in [-0.05, 0) is 132 Å². The van der Waals surface area contributed by atoms with Crippen molar-refractivity contribution in [2.24, 2.45) is 40.4 Å². The normalized spacial score (nSPS) is 44.5. The molecule has 2 unspecified atom stereocenters. The number of hydrogen-bond donors (Lipinski definition) is 3. The van der Waals surface area contributed by atoms with E-state index in [1.165, 1.54) is 38.5 Å². The number of allylic oxidation sites excluding steroid dienone is 1. The molecule has 0 spiro atoms. The highest BCUT2D eigenvalue weighted by molar-refractivity contribution is 5.28. The Morgan fingerprint density at radius 2 is 1.68 bits per heavy atom. The van der Waals surface area contributed by atoms with Crippen molar-refractivity contribution in [3.63, 3.8) is 0 Å². The fourth-order valence-corrected chi connectivity index (χ4v) is 11.1. The molecule has 44 heavy (non-hydrogen) atoms. The average Bonchev–Trinajstić information content (AvgIpc) is 3.38. The largest absolute Gasteiger partial charge is 0.396 e. The molecule has 12 atom stereocenters. The SMILES string of the molecule is C[C@@](O)(CO)CCC[C@@H](CO)[C@H]1CC[C@H]2[C@@H]3CC=C4C[C@@H](OC5CCCCO5)C[C@H](OC5CCCCO5)[C@]4(C)[C@H]3CC[C@]12C. The molecule has 5 fully saturated rings. The van der Waals surface area contributed by atoms with E-state index in [2.05, 4.69) is 19.9 Å². The second-order valence-electron chi connectivity index (χ2n) is 16.3. The van der Waals surface area contributed by atoms with Gasteiger partial charge in [-0.2, -0.15) is 0 Å². The van der Waals surface area contributed by atoms with E-state index in [1.807, 2.05) is 0 Å². The Balaban J connectivity index is 1.20. The van der Waals surface area contributed by atoms with E-state index in [-0.39, 0.29) is 54.7 Å².